The number of rotatable bonds is 6. The Hall–Kier alpha value is -1.43. The summed E-state index contributed by atoms with van der Waals surface area (Å²) < 4.78 is 0. The Morgan fingerprint density at radius 3 is 2.46 bits per heavy atom. The molecule has 2 heterocycles. The minimum atomic E-state index is 0.513. The first-order valence-electron chi connectivity index (χ1n) is 8.48. The summed E-state index contributed by atoms with van der Waals surface area (Å²) in [6.45, 7) is 3.07. The van der Waals surface area contributed by atoms with Crippen LogP contribution in [0.4, 0.5) is 0 Å². The third-order valence-electron chi connectivity index (χ3n) is 4.48. The summed E-state index contributed by atoms with van der Waals surface area (Å²) in [5.74, 6) is 0. The Labute approximate surface area is 149 Å². The average molecular weight is 343 g/mol. The highest BCUT2D eigenvalue weighted by Gasteiger charge is 2.26. The highest BCUT2D eigenvalue weighted by molar-refractivity contribution is 7.98. The molecule has 0 bridgehead atoms. The fourth-order valence-electron chi connectivity index (χ4n) is 3.37. The fourth-order valence-corrected chi connectivity index (χ4v) is 3.68. The molecule has 1 atom stereocenters. The maximum Gasteiger partial charge on any atom is 0.187 e. The lowest BCUT2D eigenvalue weighted by Gasteiger charge is -2.25. The standard InChI is InChI=1S/C19H26N4S/c1-22(2)13-15-6-8-17(9-7-15)18-5-4-10-23(18)14-16-11-20-19(24-3)21-12-16/h6-9,11-12,18H,4-5,10,13-14H2,1-3H3/t18-/m1/s1. The summed E-state index contributed by atoms with van der Waals surface area (Å²) >= 11 is 1.58. The van der Waals surface area contributed by atoms with Crippen molar-refractivity contribution in [2.24, 2.45) is 0 Å². The van der Waals surface area contributed by atoms with Crippen molar-refractivity contribution >= 4 is 11.8 Å². The van der Waals surface area contributed by atoms with E-state index in [1.165, 1.54) is 29.5 Å². The van der Waals surface area contributed by atoms with Crippen molar-refractivity contribution in [2.75, 3.05) is 26.9 Å². The Balaban J connectivity index is 1.68. The van der Waals surface area contributed by atoms with Gasteiger partial charge in [-0.15, -0.1) is 0 Å². The quantitative estimate of drug-likeness (QED) is 0.592. The van der Waals surface area contributed by atoms with Gasteiger partial charge >= 0.3 is 0 Å². The molecule has 0 radical (unpaired) electrons. The van der Waals surface area contributed by atoms with Gasteiger partial charge in [-0.25, -0.2) is 9.97 Å². The van der Waals surface area contributed by atoms with Crippen molar-refractivity contribution in [1.29, 1.82) is 0 Å². The third-order valence-corrected chi connectivity index (χ3v) is 5.05. The molecule has 0 unspecified atom stereocenters. The largest absolute Gasteiger partial charge is 0.305 e. The zero-order chi connectivity index (χ0) is 16.9. The van der Waals surface area contributed by atoms with Crippen molar-refractivity contribution in [3.63, 3.8) is 0 Å². The second kappa shape index (κ2) is 8.10. The molecule has 1 aliphatic heterocycles. The monoisotopic (exact) mass is 342 g/mol. The summed E-state index contributed by atoms with van der Waals surface area (Å²) in [5.41, 5.74) is 4.00. The third kappa shape index (κ3) is 4.35. The maximum atomic E-state index is 4.40. The summed E-state index contributed by atoms with van der Waals surface area (Å²) in [5, 5.41) is 0.841. The molecule has 0 amide bonds. The smallest absolute Gasteiger partial charge is 0.187 e. The summed E-state index contributed by atoms with van der Waals surface area (Å²) in [6, 6.07) is 9.65. The zero-order valence-corrected chi connectivity index (χ0v) is 15.6. The summed E-state index contributed by atoms with van der Waals surface area (Å²) in [7, 11) is 4.22. The molecule has 1 saturated heterocycles. The van der Waals surface area contributed by atoms with Gasteiger partial charge in [0.2, 0.25) is 0 Å². The van der Waals surface area contributed by atoms with Gasteiger partial charge in [0, 0.05) is 37.1 Å². The first kappa shape index (κ1) is 17.4. The van der Waals surface area contributed by atoms with Gasteiger partial charge in [0.25, 0.3) is 0 Å². The molecule has 1 aliphatic rings. The van der Waals surface area contributed by atoms with E-state index in [0.717, 1.165) is 24.8 Å². The number of thioether (sulfide) groups is 1. The van der Waals surface area contributed by atoms with E-state index in [1.807, 2.05) is 18.6 Å². The molecule has 1 aromatic heterocycles. The lowest BCUT2D eigenvalue weighted by Crippen LogP contribution is -2.23. The van der Waals surface area contributed by atoms with E-state index in [9.17, 15) is 0 Å². The van der Waals surface area contributed by atoms with Gasteiger partial charge in [-0.2, -0.15) is 0 Å². The number of likely N-dealkylation sites (tertiary alicyclic amines) is 1. The molecule has 24 heavy (non-hydrogen) atoms. The first-order valence-corrected chi connectivity index (χ1v) is 9.70. The molecule has 2 aromatic rings. The highest BCUT2D eigenvalue weighted by Crippen LogP contribution is 2.33. The molecule has 0 saturated carbocycles. The molecular formula is C19H26N4S. The molecule has 0 spiro atoms. The normalized spacial score (nSPS) is 18.4. The van der Waals surface area contributed by atoms with Crippen LogP contribution in [0.25, 0.3) is 0 Å². The molecule has 5 heteroatoms. The van der Waals surface area contributed by atoms with Gasteiger partial charge in [-0.05, 0) is 50.9 Å². The van der Waals surface area contributed by atoms with Crippen LogP contribution in [-0.4, -0.2) is 46.7 Å². The van der Waals surface area contributed by atoms with E-state index in [1.54, 1.807) is 11.8 Å². The lowest BCUT2D eigenvalue weighted by atomic mass is 10.0. The van der Waals surface area contributed by atoms with Crippen LogP contribution in [0.1, 0.15) is 35.6 Å². The number of nitrogens with zero attached hydrogens (tertiary/aromatic N) is 4. The number of hydrogen-bond acceptors (Lipinski definition) is 5. The van der Waals surface area contributed by atoms with E-state index in [2.05, 4.69) is 58.1 Å². The lowest BCUT2D eigenvalue weighted by molar-refractivity contribution is 0.247. The molecule has 128 valence electrons. The maximum absolute atomic E-state index is 4.40. The van der Waals surface area contributed by atoms with Crippen LogP contribution in [0.15, 0.2) is 41.8 Å². The van der Waals surface area contributed by atoms with Gasteiger partial charge in [0.05, 0.1) is 0 Å². The summed E-state index contributed by atoms with van der Waals surface area (Å²) in [6.07, 6.45) is 8.43. The van der Waals surface area contributed by atoms with Crippen LogP contribution < -0.4 is 0 Å². The Bertz CT molecular complexity index is 639. The van der Waals surface area contributed by atoms with Crippen molar-refractivity contribution in [3.8, 4) is 0 Å². The van der Waals surface area contributed by atoms with Crippen molar-refractivity contribution in [2.45, 2.75) is 37.1 Å². The van der Waals surface area contributed by atoms with E-state index in [4.69, 9.17) is 0 Å². The molecule has 1 aromatic carbocycles. The second-order valence-electron chi connectivity index (χ2n) is 6.69. The van der Waals surface area contributed by atoms with Crippen molar-refractivity contribution < 1.29 is 0 Å². The van der Waals surface area contributed by atoms with E-state index in [0.29, 0.717) is 6.04 Å². The molecule has 0 N–H and O–H groups in total. The van der Waals surface area contributed by atoms with Crippen molar-refractivity contribution in [1.82, 2.24) is 19.8 Å². The predicted molar refractivity (Wildman–Crippen MR) is 100 cm³/mol. The van der Waals surface area contributed by atoms with Gasteiger partial charge < -0.3 is 4.90 Å². The minimum absolute atomic E-state index is 0.513. The number of aromatic nitrogens is 2. The number of hydrogen-bond donors (Lipinski definition) is 0. The minimum Gasteiger partial charge on any atom is -0.305 e. The van der Waals surface area contributed by atoms with Crippen LogP contribution in [0, 0.1) is 0 Å². The van der Waals surface area contributed by atoms with Crippen LogP contribution >= 0.6 is 11.8 Å². The second-order valence-corrected chi connectivity index (χ2v) is 7.46. The van der Waals surface area contributed by atoms with E-state index >= 15 is 0 Å². The molecule has 4 nitrogen and oxygen atoms in total. The molecule has 1 fully saturated rings. The van der Waals surface area contributed by atoms with Gasteiger partial charge in [0.15, 0.2) is 5.16 Å². The SMILES string of the molecule is CSc1ncc(CN2CCC[C@@H]2c2ccc(CN(C)C)cc2)cn1. The van der Waals surface area contributed by atoms with Crippen LogP contribution in [-0.2, 0) is 13.1 Å². The van der Waals surface area contributed by atoms with Gasteiger partial charge in [0.1, 0.15) is 0 Å². The van der Waals surface area contributed by atoms with Gasteiger partial charge in [-0.1, -0.05) is 36.0 Å². The predicted octanol–water partition coefficient (Wildman–Crippen LogP) is 3.60. The van der Waals surface area contributed by atoms with Gasteiger partial charge in [-0.3, -0.25) is 4.90 Å². The Kier molecular flexibility index (Phi) is 5.87. The average Bonchev–Trinajstić information content (AvgIpc) is 3.04. The van der Waals surface area contributed by atoms with Crippen LogP contribution in [0.3, 0.4) is 0 Å². The molecular weight excluding hydrogens is 316 g/mol. The van der Waals surface area contributed by atoms with Crippen molar-refractivity contribution in [3.05, 3.63) is 53.3 Å². The highest BCUT2D eigenvalue weighted by atomic mass is 32.2. The van der Waals surface area contributed by atoms with Crippen LogP contribution in [0.2, 0.25) is 0 Å². The van der Waals surface area contributed by atoms with E-state index < -0.39 is 0 Å². The van der Waals surface area contributed by atoms with Crippen LogP contribution in [0.5, 0.6) is 0 Å². The zero-order valence-electron chi connectivity index (χ0n) is 14.8. The Morgan fingerprint density at radius 1 is 1.12 bits per heavy atom. The fraction of sp³-hybridized carbons (Fsp3) is 0.474. The van der Waals surface area contributed by atoms with E-state index in [-0.39, 0.29) is 0 Å². The summed E-state index contributed by atoms with van der Waals surface area (Å²) in [4.78, 5) is 13.6. The molecule has 3 rings (SSSR count). The first-order chi connectivity index (χ1) is 11.7. The topological polar surface area (TPSA) is 32.3 Å². The number of benzene rings is 1. The Morgan fingerprint density at radius 2 is 1.83 bits per heavy atom. The molecule has 0 aliphatic carbocycles.